The minimum atomic E-state index is -0.311. The van der Waals surface area contributed by atoms with Gasteiger partial charge in [-0.1, -0.05) is 29.0 Å². The van der Waals surface area contributed by atoms with Crippen molar-refractivity contribution in [2.45, 2.75) is 13.8 Å². The Morgan fingerprint density at radius 3 is 2.90 bits per heavy atom. The van der Waals surface area contributed by atoms with E-state index in [0.717, 1.165) is 11.1 Å². The van der Waals surface area contributed by atoms with Crippen LogP contribution >= 0.6 is 22.9 Å². The minimum Gasteiger partial charge on any atom is -0.318 e. The number of anilines is 1. The van der Waals surface area contributed by atoms with Crippen LogP contribution in [0.25, 0.3) is 4.96 Å². The van der Waals surface area contributed by atoms with Gasteiger partial charge in [-0.05, 0) is 31.0 Å². The van der Waals surface area contributed by atoms with Gasteiger partial charge in [0.25, 0.3) is 5.91 Å². The molecule has 1 amide bonds. The lowest BCUT2D eigenvalue weighted by atomic mass is 10.1. The van der Waals surface area contributed by atoms with Gasteiger partial charge in [0.05, 0.1) is 10.7 Å². The maximum Gasteiger partial charge on any atom is 0.286 e. The topological polar surface area (TPSA) is 72.2 Å². The molecule has 6 nitrogen and oxygen atoms in total. The molecule has 0 fully saturated rings. The number of halogens is 1. The number of aromatic nitrogens is 4. The SMILES string of the molecule is Cc1cc(C)c(NC(=O)c2nn3cnnc3s2)c(Cl)c1. The van der Waals surface area contributed by atoms with E-state index in [2.05, 4.69) is 20.6 Å². The number of nitrogens with zero attached hydrogens (tertiary/aromatic N) is 4. The van der Waals surface area contributed by atoms with E-state index in [4.69, 9.17) is 11.6 Å². The standard InChI is InChI=1S/C12H10ClN5OS/c1-6-3-7(2)9(8(13)4-6)15-10(19)11-17-18-5-14-16-12(18)20-11/h3-5H,1-2H3,(H,15,19). The molecule has 8 heteroatoms. The molecule has 0 saturated carbocycles. The zero-order chi connectivity index (χ0) is 14.3. The fourth-order valence-corrected chi connectivity index (χ4v) is 2.98. The molecule has 0 aliphatic carbocycles. The molecule has 0 saturated heterocycles. The number of fused-ring (bicyclic) bond motifs is 1. The van der Waals surface area contributed by atoms with Crippen LogP contribution in [0, 0.1) is 13.8 Å². The summed E-state index contributed by atoms with van der Waals surface area (Å²) in [5, 5.41) is 15.2. The molecule has 1 aromatic carbocycles. The summed E-state index contributed by atoms with van der Waals surface area (Å²) in [5.74, 6) is -0.311. The Balaban J connectivity index is 1.91. The molecule has 2 aromatic heterocycles. The van der Waals surface area contributed by atoms with Crippen molar-refractivity contribution in [1.29, 1.82) is 0 Å². The number of benzene rings is 1. The lowest BCUT2D eigenvalue weighted by molar-refractivity contribution is 0.102. The number of rotatable bonds is 2. The number of hydrogen-bond donors (Lipinski definition) is 1. The lowest BCUT2D eigenvalue weighted by Gasteiger charge is -2.10. The molecule has 102 valence electrons. The number of carbonyl (C=O) groups is 1. The first kappa shape index (κ1) is 13.0. The second-order valence-electron chi connectivity index (χ2n) is 4.36. The predicted molar refractivity (Wildman–Crippen MR) is 77.5 cm³/mol. The van der Waals surface area contributed by atoms with Crippen LogP contribution in [0.1, 0.15) is 20.9 Å². The van der Waals surface area contributed by atoms with Gasteiger partial charge in [0.1, 0.15) is 6.33 Å². The van der Waals surface area contributed by atoms with E-state index in [1.165, 1.54) is 22.2 Å². The van der Waals surface area contributed by atoms with E-state index in [1.54, 1.807) is 0 Å². The number of carbonyl (C=O) groups excluding carboxylic acids is 1. The highest BCUT2D eigenvalue weighted by Crippen LogP contribution is 2.28. The first-order valence-electron chi connectivity index (χ1n) is 5.79. The van der Waals surface area contributed by atoms with Gasteiger partial charge in [0.2, 0.25) is 9.97 Å². The molecule has 0 aliphatic heterocycles. The fraction of sp³-hybridized carbons (Fsp3) is 0.167. The van der Waals surface area contributed by atoms with Crippen LogP contribution in [0.15, 0.2) is 18.5 Å². The molecular weight excluding hydrogens is 298 g/mol. The first-order valence-corrected chi connectivity index (χ1v) is 6.99. The van der Waals surface area contributed by atoms with Crippen molar-refractivity contribution in [3.63, 3.8) is 0 Å². The zero-order valence-electron chi connectivity index (χ0n) is 10.7. The predicted octanol–water partition coefficient (Wildman–Crippen LogP) is 2.71. The average molecular weight is 308 g/mol. The summed E-state index contributed by atoms with van der Waals surface area (Å²) in [4.78, 5) is 12.8. The normalized spacial score (nSPS) is 10.9. The third-order valence-corrected chi connectivity index (χ3v) is 3.96. The van der Waals surface area contributed by atoms with Gasteiger partial charge in [-0.25, -0.2) is 0 Å². The van der Waals surface area contributed by atoms with Crippen LogP contribution < -0.4 is 5.32 Å². The van der Waals surface area contributed by atoms with Crippen molar-refractivity contribution in [3.05, 3.63) is 39.6 Å². The quantitative estimate of drug-likeness (QED) is 0.790. The smallest absolute Gasteiger partial charge is 0.286 e. The van der Waals surface area contributed by atoms with Gasteiger partial charge in [0, 0.05) is 0 Å². The summed E-state index contributed by atoms with van der Waals surface area (Å²) in [6, 6.07) is 3.77. The van der Waals surface area contributed by atoms with Gasteiger partial charge in [-0.3, -0.25) is 4.79 Å². The monoisotopic (exact) mass is 307 g/mol. The molecule has 2 heterocycles. The summed E-state index contributed by atoms with van der Waals surface area (Å²) in [6.07, 6.45) is 1.45. The molecule has 0 spiro atoms. The van der Waals surface area contributed by atoms with Crippen LogP contribution in [-0.4, -0.2) is 25.7 Å². The number of nitrogens with one attached hydrogen (secondary N) is 1. The maximum absolute atomic E-state index is 12.2. The summed E-state index contributed by atoms with van der Waals surface area (Å²) in [5.41, 5.74) is 2.56. The molecule has 3 aromatic rings. The van der Waals surface area contributed by atoms with Gasteiger partial charge >= 0.3 is 0 Å². The van der Waals surface area contributed by atoms with Crippen LogP contribution in [0.5, 0.6) is 0 Å². The van der Waals surface area contributed by atoms with Crippen molar-refractivity contribution in [3.8, 4) is 0 Å². The molecule has 0 radical (unpaired) electrons. The Labute approximate surface area is 123 Å². The summed E-state index contributed by atoms with van der Waals surface area (Å²) >= 11 is 7.33. The van der Waals surface area contributed by atoms with E-state index in [0.29, 0.717) is 20.7 Å². The maximum atomic E-state index is 12.2. The fourth-order valence-electron chi connectivity index (χ4n) is 1.89. The molecular formula is C12H10ClN5OS. The van der Waals surface area contributed by atoms with Gasteiger partial charge in [0.15, 0.2) is 0 Å². The van der Waals surface area contributed by atoms with Crippen LogP contribution in [0.3, 0.4) is 0 Å². The Bertz CT molecular complexity index is 758. The van der Waals surface area contributed by atoms with Crippen molar-refractivity contribution >= 4 is 39.5 Å². The van der Waals surface area contributed by atoms with E-state index >= 15 is 0 Å². The largest absolute Gasteiger partial charge is 0.318 e. The molecule has 1 N–H and O–H groups in total. The average Bonchev–Trinajstić information content (AvgIpc) is 2.93. The van der Waals surface area contributed by atoms with Gasteiger partial charge in [-0.2, -0.15) is 4.52 Å². The number of amides is 1. The van der Waals surface area contributed by atoms with Crippen LogP contribution in [0.2, 0.25) is 5.02 Å². The molecule has 0 atom stereocenters. The Kier molecular flexibility index (Phi) is 3.15. The van der Waals surface area contributed by atoms with E-state index in [-0.39, 0.29) is 5.91 Å². The molecule has 3 rings (SSSR count). The first-order chi connectivity index (χ1) is 9.54. The summed E-state index contributed by atoms with van der Waals surface area (Å²) in [7, 11) is 0. The highest BCUT2D eigenvalue weighted by Gasteiger charge is 2.16. The number of hydrogen-bond acceptors (Lipinski definition) is 5. The van der Waals surface area contributed by atoms with E-state index in [1.807, 2.05) is 26.0 Å². The minimum absolute atomic E-state index is 0.311. The Hall–Kier alpha value is -1.99. The Morgan fingerprint density at radius 2 is 2.20 bits per heavy atom. The molecule has 0 aliphatic rings. The van der Waals surface area contributed by atoms with Crippen molar-refractivity contribution in [2.24, 2.45) is 0 Å². The molecule has 20 heavy (non-hydrogen) atoms. The summed E-state index contributed by atoms with van der Waals surface area (Å²) in [6.45, 7) is 3.85. The van der Waals surface area contributed by atoms with E-state index in [9.17, 15) is 4.79 Å². The van der Waals surface area contributed by atoms with E-state index < -0.39 is 0 Å². The van der Waals surface area contributed by atoms with Crippen LogP contribution in [0.4, 0.5) is 5.69 Å². The highest BCUT2D eigenvalue weighted by atomic mass is 35.5. The highest BCUT2D eigenvalue weighted by molar-refractivity contribution is 7.18. The summed E-state index contributed by atoms with van der Waals surface area (Å²) < 4.78 is 1.46. The lowest BCUT2D eigenvalue weighted by Crippen LogP contribution is -2.13. The third kappa shape index (κ3) is 2.25. The number of aryl methyl sites for hydroxylation is 2. The third-order valence-electron chi connectivity index (χ3n) is 2.75. The van der Waals surface area contributed by atoms with Crippen molar-refractivity contribution in [1.82, 2.24) is 19.8 Å². The van der Waals surface area contributed by atoms with Gasteiger partial charge in [-0.15, -0.1) is 15.3 Å². The van der Waals surface area contributed by atoms with Gasteiger partial charge < -0.3 is 5.32 Å². The molecule has 0 unspecified atom stereocenters. The van der Waals surface area contributed by atoms with Crippen molar-refractivity contribution < 1.29 is 4.79 Å². The second-order valence-corrected chi connectivity index (χ2v) is 5.72. The Morgan fingerprint density at radius 1 is 1.40 bits per heavy atom. The van der Waals surface area contributed by atoms with Crippen molar-refractivity contribution in [2.75, 3.05) is 5.32 Å². The second kappa shape index (κ2) is 4.84. The zero-order valence-corrected chi connectivity index (χ0v) is 12.3. The van der Waals surface area contributed by atoms with Crippen LogP contribution in [-0.2, 0) is 0 Å². The molecule has 0 bridgehead atoms.